The predicted octanol–water partition coefficient (Wildman–Crippen LogP) is 5.33. The predicted molar refractivity (Wildman–Crippen MR) is 103 cm³/mol. The zero-order valence-corrected chi connectivity index (χ0v) is 15.9. The number of benzene rings is 2. The van der Waals surface area contributed by atoms with Crippen LogP contribution >= 0.6 is 23.4 Å². The van der Waals surface area contributed by atoms with Gasteiger partial charge in [0.05, 0.1) is 7.11 Å². The van der Waals surface area contributed by atoms with E-state index in [-0.39, 0.29) is 5.57 Å². The van der Waals surface area contributed by atoms with Crippen LogP contribution < -0.4 is 0 Å². The number of hydrogen-bond acceptors (Lipinski definition) is 4. The molecule has 25 heavy (non-hydrogen) atoms. The van der Waals surface area contributed by atoms with E-state index in [1.54, 1.807) is 17.8 Å². The van der Waals surface area contributed by atoms with E-state index in [0.29, 0.717) is 0 Å². The van der Waals surface area contributed by atoms with Crippen molar-refractivity contribution in [2.45, 2.75) is 24.5 Å². The molecule has 0 unspecified atom stereocenters. The van der Waals surface area contributed by atoms with E-state index < -0.39 is 5.97 Å². The maximum absolute atomic E-state index is 11.6. The van der Waals surface area contributed by atoms with E-state index in [1.165, 1.54) is 7.11 Å². The van der Waals surface area contributed by atoms with Gasteiger partial charge in [0.2, 0.25) is 0 Å². The zero-order valence-electron chi connectivity index (χ0n) is 14.3. The second kappa shape index (κ2) is 8.75. The lowest BCUT2D eigenvalue weighted by Gasteiger charge is -2.11. The number of nitrogens with zero attached hydrogens (tertiary/aromatic N) is 1. The largest absolute Gasteiger partial charge is 0.465 e. The van der Waals surface area contributed by atoms with Crippen LogP contribution in [0.25, 0.3) is 6.08 Å². The molecule has 5 heteroatoms. The van der Waals surface area contributed by atoms with Gasteiger partial charge in [0.25, 0.3) is 0 Å². The number of thioether (sulfide) groups is 1. The summed E-state index contributed by atoms with van der Waals surface area (Å²) in [5.41, 5.74) is 4.13. The second-order valence-corrected chi connectivity index (χ2v) is 7.03. The van der Waals surface area contributed by atoms with E-state index in [2.05, 4.69) is 10.8 Å². The van der Waals surface area contributed by atoms with Gasteiger partial charge < -0.3 is 4.74 Å². The summed E-state index contributed by atoms with van der Waals surface area (Å²) in [4.78, 5) is 12.8. The third-order valence-corrected chi connectivity index (χ3v) is 5.05. The van der Waals surface area contributed by atoms with Crippen LogP contribution in [0, 0.1) is 25.2 Å². The van der Waals surface area contributed by atoms with Gasteiger partial charge in [-0.3, -0.25) is 0 Å². The van der Waals surface area contributed by atoms with Gasteiger partial charge in [0.1, 0.15) is 11.6 Å². The molecule has 2 aromatic rings. The molecule has 0 spiro atoms. The lowest BCUT2D eigenvalue weighted by Crippen LogP contribution is -2.03. The van der Waals surface area contributed by atoms with Crippen LogP contribution in [0.15, 0.2) is 46.9 Å². The van der Waals surface area contributed by atoms with Gasteiger partial charge in [-0.2, -0.15) is 5.26 Å². The van der Waals surface area contributed by atoms with Gasteiger partial charge in [0.15, 0.2) is 0 Å². The Morgan fingerprint density at radius 3 is 2.56 bits per heavy atom. The van der Waals surface area contributed by atoms with Crippen molar-refractivity contribution in [3.63, 3.8) is 0 Å². The van der Waals surface area contributed by atoms with Crippen LogP contribution in [0.5, 0.6) is 0 Å². The van der Waals surface area contributed by atoms with Crippen molar-refractivity contribution >= 4 is 35.4 Å². The molecule has 0 aliphatic rings. The summed E-state index contributed by atoms with van der Waals surface area (Å²) in [5, 5.41) is 9.88. The van der Waals surface area contributed by atoms with Crippen molar-refractivity contribution in [2.24, 2.45) is 0 Å². The quantitative estimate of drug-likeness (QED) is 0.308. The maximum atomic E-state index is 11.6. The first-order chi connectivity index (χ1) is 11.9. The molecule has 0 saturated carbocycles. The highest BCUT2D eigenvalue weighted by atomic mass is 35.5. The van der Waals surface area contributed by atoms with Crippen LogP contribution in [-0.4, -0.2) is 13.1 Å². The first-order valence-corrected chi connectivity index (χ1v) is 8.99. The fourth-order valence-corrected chi connectivity index (χ4v) is 3.43. The molecule has 0 heterocycles. The second-order valence-electron chi connectivity index (χ2n) is 5.54. The Morgan fingerprint density at radius 1 is 1.28 bits per heavy atom. The molecule has 0 N–H and O–H groups in total. The van der Waals surface area contributed by atoms with Crippen molar-refractivity contribution in [1.29, 1.82) is 5.26 Å². The van der Waals surface area contributed by atoms with Crippen LogP contribution in [0.1, 0.15) is 22.3 Å². The van der Waals surface area contributed by atoms with Crippen molar-refractivity contribution in [3.8, 4) is 6.07 Å². The Bertz CT molecular complexity index is 851. The van der Waals surface area contributed by atoms with E-state index in [1.807, 2.05) is 50.2 Å². The Hall–Kier alpha value is -2.22. The number of nitriles is 1. The van der Waals surface area contributed by atoms with Crippen LogP contribution in [0.2, 0.25) is 5.02 Å². The first kappa shape index (κ1) is 19.1. The Kier molecular flexibility index (Phi) is 6.69. The number of hydrogen-bond donors (Lipinski definition) is 0. The van der Waals surface area contributed by atoms with Gasteiger partial charge >= 0.3 is 5.97 Å². The highest BCUT2D eigenvalue weighted by Crippen LogP contribution is 2.28. The summed E-state index contributed by atoms with van der Waals surface area (Å²) in [6.45, 7) is 3.99. The summed E-state index contributed by atoms with van der Waals surface area (Å²) >= 11 is 7.63. The summed E-state index contributed by atoms with van der Waals surface area (Å²) in [5.74, 6) is 0.163. The topological polar surface area (TPSA) is 50.1 Å². The first-order valence-electron chi connectivity index (χ1n) is 7.63. The molecule has 128 valence electrons. The molecule has 3 nitrogen and oxygen atoms in total. The minimum Gasteiger partial charge on any atom is -0.465 e. The molecule has 2 rings (SSSR count). The fourth-order valence-electron chi connectivity index (χ4n) is 2.36. The third kappa shape index (κ3) is 5.12. The molecule has 0 aliphatic heterocycles. The number of aryl methyl sites for hydroxylation is 1. The molecule has 0 aromatic heterocycles. The van der Waals surface area contributed by atoms with Crippen molar-refractivity contribution < 1.29 is 9.53 Å². The number of esters is 1. The molecule has 0 saturated heterocycles. The number of halogens is 1. The molecular formula is C20H18ClNO2S. The summed E-state index contributed by atoms with van der Waals surface area (Å²) in [6, 6.07) is 13.7. The normalized spacial score (nSPS) is 11.1. The lowest BCUT2D eigenvalue weighted by atomic mass is 9.98. The SMILES string of the molecule is COC(=O)/C(C#N)=C/c1cc(C)cc(CSc2ccc(Cl)cc2)c1C. The summed E-state index contributed by atoms with van der Waals surface area (Å²) < 4.78 is 4.65. The maximum Gasteiger partial charge on any atom is 0.348 e. The summed E-state index contributed by atoms with van der Waals surface area (Å²) in [6.07, 6.45) is 1.59. The van der Waals surface area contributed by atoms with E-state index in [4.69, 9.17) is 16.9 Å². The fraction of sp³-hybridized carbons (Fsp3) is 0.200. The highest BCUT2D eigenvalue weighted by molar-refractivity contribution is 7.98. The number of methoxy groups -OCH3 is 1. The number of carbonyl (C=O) groups excluding carboxylic acids is 1. The highest BCUT2D eigenvalue weighted by Gasteiger charge is 2.11. The average Bonchev–Trinajstić information content (AvgIpc) is 2.61. The Balaban J connectivity index is 2.30. The molecule has 0 radical (unpaired) electrons. The Morgan fingerprint density at radius 2 is 1.96 bits per heavy atom. The zero-order chi connectivity index (χ0) is 18.4. The van der Waals surface area contributed by atoms with Gasteiger partial charge in [-0.1, -0.05) is 29.3 Å². The molecular weight excluding hydrogens is 354 g/mol. The van der Waals surface area contributed by atoms with Gasteiger partial charge in [-0.25, -0.2) is 4.79 Å². The van der Waals surface area contributed by atoms with Crippen LogP contribution in [0.3, 0.4) is 0 Å². The molecule has 2 aromatic carbocycles. The van der Waals surface area contributed by atoms with Crippen molar-refractivity contribution in [3.05, 3.63) is 69.2 Å². The lowest BCUT2D eigenvalue weighted by molar-refractivity contribution is -0.135. The molecule has 0 amide bonds. The van der Waals surface area contributed by atoms with Gasteiger partial charge in [-0.05, 0) is 60.9 Å². The number of rotatable bonds is 5. The molecule has 0 atom stereocenters. The van der Waals surface area contributed by atoms with Crippen LogP contribution in [0.4, 0.5) is 0 Å². The molecule has 0 bridgehead atoms. The van der Waals surface area contributed by atoms with E-state index in [0.717, 1.165) is 37.9 Å². The summed E-state index contributed by atoms with van der Waals surface area (Å²) in [7, 11) is 1.27. The molecule has 0 aliphatic carbocycles. The third-order valence-electron chi connectivity index (χ3n) is 3.73. The van der Waals surface area contributed by atoms with E-state index >= 15 is 0 Å². The number of ether oxygens (including phenoxy) is 1. The van der Waals surface area contributed by atoms with Crippen LogP contribution in [-0.2, 0) is 15.3 Å². The smallest absolute Gasteiger partial charge is 0.348 e. The van der Waals surface area contributed by atoms with Gasteiger partial charge in [0, 0.05) is 15.7 Å². The average molecular weight is 372 g/mol. The minimum absolute atomic E-state index is 0.00694. The van der Waals surface area contributed by atoms with E-state index in [9.17, 15) is 4.79 Å². The van der Waals surface area contributed by atoms with Gasteiger partial charge in [-0.15, -0.1) is 11.8 Å². The monoisotopic (exact) mass is 371 g/mol. The number of carbonyl (C=O) groups is 1. The standard InChI is InChI=1S/C20H18ClNO2S/c1-13-8-15(10-16(11-22)20(23)24-3)14(2)17(9-13)12-25-19-6-4-18(21)5-7-19/h4-10H,12H2,1-3H3/b16-10+. The minimum atomic E-state index is -0.625. The molecule has 0 fully saturated rings. The van der Waals surface area contributed by atoms with Crippen molar-refractivity contribution in [1.82, 2.24) is 0 Å². The van der Waals surface area contributed by atoms with Crippen molar-refractivity contribution in [2.75, 3.05) is 7.11 Å². The Labute approximate surface area is 157 Å².